The molecular weight excluding hydrogens is 300 g/mol. The quantitative estimate of drug-likeness (QED) is 0.503. The van der Waals surface area contributed by atoms with E-state index in [-0.39, 0.29) is 24.9 Å². The number of hydrogen-bond donors (Lipinski definition) is 1. The van der Waals surface area contributed by atoms with E-state index in [1.807, 2.05) is 13.8 Å². The van der Waals surface area contributed by atoms with Crippen LogP contribution in [-0.4, -0.2) is 62.0 Å². The molecule has 1 atom stereocenters. The second-order valence-corrected chi connectivity index (χ2v) is 6.83. The molecule has 0 aliphatic heterocycles. The molecule has 0 spiro atoms. The van der Waals surface area contributed by atoms with E-state index in [2.05, 4.69) is 0 Å². The maximum absolute atomic E-state index is 12.6. The molecule has 7 heteroatoms. The number of amides is 1. The Morgan fingerprint density at radius 2 is 1.65 bits per heavy atom. The normalized spacial score (nSPS) is 13.3. The van der Waals surface area contributed by atoms with E-state index in [9.17, 15) is 9.59 Å². The fourth-order valence-corrected chi connectivity index (χ4v) is 2.09. The first-order valence-corrected chi connectivity index (χ1v) is 7.83. The van der Waals surface area contributed by atoms with Crippen molar-refractivity contribution in [3.8, 4) is 0 Å². The van der Waals surface area contributed by atoms with E-state index in [1.165, 1.54) is 19.1 Å². The molecule has 23 heavy (non-hydrogen) atoms. The van der Waals surface area contributed by atoms with Gasteiger partial charge in [-0.05, 0) is 33.1 Å². The predicted octanol–water partition coefficient (Wildman–Crippen LogP) is 1.15. The van der Waals surface area contributed by atoms with Crippen molar-refractivity contribution in [1.29, 1.82) is 0 Å². The number of carbonyl (C=O) groups is 2. The van der Waals surface area contributed by atoms with Crippen LogP contribution in [0.2, 0.25) is 0 Å². The average Bonchev–Trinajstić information content (AvgIpc) is 2.43. The molecule has 1 amide bonds. The molecule has 0 aromatic heterocycles. The number of carbonyl (C=O) groups excluding carboxylic acids is 2. The molecule has 0 rings (SSSR count). The number of rotatable bonds is 9. The summed E-state index contributed by atoms with van der Waals surface area (Å²) in [5.41, 5.74) is 4.87. The highest BCUT2D eigenvalue weighted by molar-refractivity contribution is 5.85. The Labute approximate surface area is 139 Å². The van der Waals surface area contributed by atoms with Crippen LogP contribution in [-0.2, 0) is 23.8 Å². The first-order valence-electron chi connectivity index (χ1n) is 7.83. The molecule has 1 unspecified atom stereocenters. The van der Waals surface area contributed by atoms with Crippen LogP contribution in [0.1, 0.15) is 41.0 Å². The van der Waals surface area contributed by atoms with Crippen LogP contribution in [0.4, 0.5) is 0 Å². The number of methoxy groups -OCH3 is 2. The van der Waals surface area contributed by atoms with Crippen molar-refractivity contribution in [3.63, 3.8) is 0 Å². The first kappa shape index (κ1) is 21.8. The summed E-state index contributed by atoms with van der Waals surface area (Å²) in [4.78, 5) is 26.2. The van der Waals surface area contributed by atoms with E-state index in [0.29, 0.717) is 6.42 Å². The summed E-state index contributed by atoms with van der Waals surface area (Å²) in [5.74, 6) is -0.594. The van der Waals surface area contributed by atoms with Gasteiger partial charge >= 0.3 is 5.97 Å². The minimum absolute atomic E-state index is 0.111. The van der Waals surface area contributed by atoms with Gasteiger partial charge in [-0.3, -0.25) is 4.79 Å². The number of esters is 1. The zero-order chi connectivity index (χ0) is 18.2. The zero-order valence-electron chi connectivity index (χ0n) is 15.4. The Morgan fingerprint density at radius 3 is 2.00 bits per heavy atom. The molecule has 0 saturated carbocycles. The fourth-order valence-electron chi connectivity index (χ4n) is 2.09. The highest BCUT2D eigenvalue weighted by Gasteiger charge is 2.34. The molecule has 2 N–H and O–H groups in total. The van der Waals surface area contributed by atoms with E-state index in [1.54, 1.807) is 20.8 Å². The zero-order valence-corrected chi connectivity index (χ0v) is 15.4. The molecule has 0 saturated heterocycles. The minimum Gasteiger partial charge on any atom is -0.458 e. The van der Waals surface area contributed by atoms with Crippen LogP contribution in [0, 0.1) is 5.92 Å². The number of hydrogen-bond acceptors (Lipinski definition) is 6. The summed E-state index contributed by atoms with van der Waals surface area (Å²) in [5, 5.41) is 0. The third kappa shape index (κ3) is 8.29. The van der Waals surface area contributed by atoms with Gasteiger partial charge in [0.15, 0.2) is 6.29 Å². The van der Waals surface area contributed by atoms with Gasteiger partial charge in [0.25, 0.3) is 0 Å². The highest BCUT2D eigenvalue weighted by atomic mass is 16.7. The summed E-state index contributed by atoms with van der Waals surface area (Å²) in [6.07, 6.45) is -0.163. The third-order valence-corrected chi connectivity index (χ3v) is 3.12. The molecule has 0 fully saturated rings. The SMILES string of the molecule is COC(CN(C(=O)CN)C(CC(C)C)C(=O)OC(C)(C)C)OC. The Bertz CT molecular complexity index is 375. The fraction of sp³-hybridized carbons (Fsp3) is 0.875. The third-order valence-electron chi connectivity index (χ3n) is 3.12. The van der Waals surface area contributed by atoms with Crippen molar-refractivity contribution >= 4 is 11.9 Å². The maximum atomic E-state index is 12.6. The van der Waals surface area contributed by atoms with E-state index >= 15 is 0 Å². The van der Waals surface area contributed by atoms with E-state index in [0.717, 1.165) is 0 Å². The molecule has 0 aromatic rings. The monoisotopic (exact) mass is 332 g/mol. The second-order valence-electron chi connectivity index (χ2n) is 6.83. The van der Waals surface area contributed by atoms with E-state index < -0.39 is 23.9 Å². The molecule has 7 nitrogen and oxygen atoms in total. The number of ether oxygens (including phenoxy) is 3. The smallest absolute Gasteiger partial charge is 0.329 e. The number of nitrogens with two attached hydrogens (primary N) is 1. The molecule has 0 radical (unpaired) electrons. The Hall–Kier alpha value is -1.18. The van der Waals surface area contributed by atoms with Gasteiger partial charge < -0.3 is 24.8 Å². The molecule has 0 bridgehead atoms. The van der Waals surface area contributed by atoms with Crippen molar-refractivity contribution in [2.45, 2.75) is 59.0 Å². The van der Waals surface area contributed by atoms with E-state index in [4.69, 9.17) is 19.9 Å². The first-order chi connectivity index (χ1) is 10.6. The van der Waals surface area contributed by atoms with Gasteiger partial charge in [0.2, 0.25) is 5.91 Å². The molecule has 0 aliphatic rings. The van der Waals surface area contributed by atoms with Gasteiger partial charge in [-0.2, -0.15) is 0 Å². The summed E-state index contributed by atoms with van der Waals surface area (Å²) < 4.78 is 15.8. The lowest BCUT2D eigenvalue weighted by molar-refractivity contribution is -0.171. The summed E-state index contributed by atoms with van der Waals surface area (Å²) >= 11 is 0. The van der Waals surface area contributed by atoms with Crippen LogP contribution >= 0.6 is 0 Å². The lowest BCUT2D eigenvalue weighted by Crippen LogP contribution is -2.52. The van der Waals surface area contributed by atoms with Crippen LogP contribution < -0.4 is 5.73 Å². The lowest BCUT2D eigenvalue weighted by Gasteiger charge is -2.34. The summed E-state index contributed by atoms with van der Waals surface area (Å²) in [6.45, 7) is 9.25. The maximum Gasteiger partial charge on any atom is 0.329 e. The van der Waals surface area contributed by atoms with Crippen LogP contribution in [0.5, 0.6) is 0 Å². The van der Waals surface area contributed by atoms with Gasteiger partial charge in [-0.15, -0.1) is 0 Å². The van der Waals surface area contributed by atoms with Gasteiger partial charge in [0.05, 0.1) is 13.1 Å². The minimum atomic E-state index is -0.724. The number of nitrogens with zero attached hydrogens (tertiary/aromatic N) is 1. The van der Waals surface area contributed by atoms with Crippen LogP contribution in [0.15, 0.2) is 0 Å². The molecule has 0 heterocycles. The van der Waals surface area contributed by atoms with Gasteiger partial charge in [-0.1, -0.05) is 13.8 Å². The Morgan fingerprint density at radius 1 is 1.13 bits per heavy atom. The highest BCUT2D eigenvalue weighted by Crippen LogP contribution is 2.18. The average molecular weight is 332 g/mol. The molecule has 0 aromatic carbocycles. The van der Waals surface area contributed by atoms with Gasteiger partial charge in [0, 0.05) is 14.2 Å². The molecule has 0 aliphatic carbocycles. The Kier molecular flexibility index (Phi) is 9.34. The van der Waals surface area contributed by atoms with Crippen molar-refractivity contribution < 1.29 is 23.8 Å². The van der Waals surface area contributed by atoms with Crippen molar-refractivity contribution in [2.75, 3.05) is 27.3 Å². The lowest BCUT2D eigenvalue weighted by atomic mass is 10.0. The van der Waals surface area contributed by atoms with Crippen LogP contribution in [0.3, 0.4) is 0 Å². The van der Waals surface area contributed by atoms with Crippen molar-refractivity contribution in [3.05, 3.63) is 0 Å². The largest absolute Gasteiger partial charge is 0.458 e. The van der Waals surface area contributed by atoms with Gasteiger partial charge in [-0.25, -0.2) is 4.79 Å². The Balaban J connectivity index is 5.44. The molecular formula is C16H32N2O5. The second kappa shape index (κ2) is 9.85. The van der Waals surface area contributed by atoms with Crippen molar-refractivity contribution in [1.82, 2.24) is 4.90 Å². The molecule has 136 valence electrons. The summed E-state index contributed by atoms with van der Waals surface area (Å²) in [6, 6.07) is -0.724. The van der Waals surface area contributed by atoms with Crippen molar-refractivity contribution in [2.24, 2.45) is 11.7 Å². The summed E-state index contributed by atoms with van der Waals surface area (Å²) in [7, 11) is 2.95. The predicted molar refractivity (Wildman–Crippen MR) is 87.7 cm³/mol. The topological polar surface area (TPSA) is 91.1 Å². The van der Waals surface area contributed by atoms with Crippen LogP contribution in [0.25, 0.3) is 0 Å². The van der Waals surface area contributed by atoms with Gasteiger partial charge in [0.1, 0.15) is 11.6 Å². The standard InChI is InChI=1S/C16H32N2O5/c1-11(2)8-12(15(20)23-16(3,4)5)18(13(19)9-17)10-14(21-6)22-7/h11-12,14H,8-10,17H2,1-7H3.